The molecule has 0 atom stereocenters. The fourth-order valence-electron chi connectivity index (χ4n) is 1.71. The number of hydroxylamine groups is 3. The number of rotatable bonds is 1. The molecule has 0 saturated heterocycles. The second-order valence-corrected chi connectivity index (χ2v) is 4.90. The fraction of sp³-hybridized carbons (Fsp3) is 1.00. The molecule has 1 fully saturated rings. The molecule has 0 radical (unpaired) electrons. The van der Waals surface area contributed by atoms with Crippen molar-refractivity contribution in [3.63, 3.8) is 0 Å². The molecule has 7 heteroatoms. The van der Waals surface area contributed by atoms with Gasteiger partial charge in [-0.3, -0.25) is 0 Å². The van der Waals surface area contributed by atoms with Crippen LogP contribution in [0.2, 0.25) is 0 Å². The van der Waals surface area contributed by atoms with Crippen molar-refractivity contribution in [3.8, 4) is 0 Å². The molecule has 0 amide bonds. The Balaban J connectivity index is 0.000000336. The van der Waals surface area contributed by atoms with Gasteiger partial charge in [-0.2, -0.15) is 4.65 Å². The Bertz CT molecular complexity index is 165. The molecule has 1 saturated carbocycles. The Morgan fingerprint density at radius 2 is 1.33 bits per heavy atom. The first-order valence-corrected chi connectivity index (χ1v) is 6.02. The predicted octanol–water partition coefficient (Wildman–Crippen LogP) is -2.97. The highest BCUT2D eigenvalue weighted by atomic mass is 35.7. The van der Waals surface area contributed by atoms with E-state index < -0.39 is 10.2 Å². The zero-order valence-corrected chi connectivity index (χ0v) is 9.77. The number of nitrogens with zero attached hydrogens (tertiary/aromatic N) is 1. The summed E-state index contributed by atoms with van der Waals surface area (Å²) in [5.74, 6) is 0. The maximum atomic E-state index is 9.58. The Morgan fingerprint density at radius 1 is 1.00 bits per heavy atom. The van der Waals surface area contributed by atoms with Crippen LogP contribution < -0.4 is 18.6 Å². The van der Waals surface area contributed by atoms with Crippen molar-refractivity contribution in [1.29, 1.82) is 0 Å². The normalized spacial score (nSPS) is 19.4. The van der Waals surface area contributed by atoms with Crippen LogP contribution in [0.15, 0.2) is 0 Å². The molecule has 1 aliphatic carbocycles. The molecular weight excluding hydrogens is 226 g/mol. The molecule has 6 nitrogen and oxygen atoms in total. The lowest BCUT2D eigenvalue weighted by Gasteiger charge is -2.32. The standard InChI is InChI=1S/C8H18NO.ClHO4/c1-9(2,10)8-6-4-3-5-7-8;2-1(3,4)5/h8,10H,3-7H2,1-2H3;(H,2,3,4,5)/q+1;/p-1. The lowest BCUT2D eigenvalue weighted by molar-refractivity contribution is -2.00. The van der Waals surface area contributed by atoms with Crippen LogP contribution in [0.25, 0.3) is 0 Å². The molecule has 1 rings (SSSR count). The van der Waals surface area contributed by atoms with Crippen LogP contribution in [-0.4, -0.2) is 30.0 Å². The van der Waals surface area contributed by atoms with Crippen LogP contribution in [0.1, 0.15) is 32.1 Å². The quantitative estimate of drug-likeness (QED) is 0.390. The molecule has 0 aromatic heterocycles. The highest BCUT2D eigenvalue weighted by Crippen LogP contribution is 2.23. The molecule has 0 aromatic carbocycles. The second kappa shape index (κ2) is 5.95. The van der Waals surface area contributed by atoms with E-state index in [9.17, 15) is 5.21 Å². The zero-order valence-electron chi connectivity index (χ0n) is 9.02. The molecule has 1 N–H and O–H groups in total. The van der Waals surface area contributed by atoms with Crippen molar-refractivity contribution in [2.75, 3.05) is 14.1 Å². The maximum Gasteiger partial charge on any atom is 0.118 e. The van der Waals surface area contributed by atoms with E-state index in [0.29, 0.717) is 6.04 Å². The smallest absolute Gasteiger partial charge is 0.118 e. The number of hydrogen-bond donors (Lipinski definition) is 1. The van der Waals surface area contributed by atoms with Gasteiger partial charge in [-0.15, -0.1) is 10.2 Å². The van der Waals surface area contributed by atoms with Crippen molar-refractivity contribution in [2.24, 2.45) is 0 Å². The maximum absolute atomic E-state index is 9.58. The van der Waals surface area contributed by atoms with Crippen molar-refractivity contribution in [2.45, 2.75) is 38.1 Å². The SMILES string of the molecule is C[N+](C)(O)C1CCCCC1.[O-][Cl+3]([O-])([O-])[O-]. The van der Waals surface area contributed by atoms with E-state index in [0.717, 1.165) is 0 Å². The highest BCUT2D eigenvalue weighted by Gasteiger charge is 2.27. The van der Waals surface area contributed by atoms with Gasteiger partial charge >= 0.3 is 0 Å². The van der Waals surface area contributed by atoms with Gasteiger partial charge in [0.15, 0.2) is 0 Å². The van der Waals surface area contributed by atoms with Gasteiger partial charge < -0.3 is 0 Å². The summed E-state index contributed by atoms with van der Waals surface area (Å²) in [6.07, 6.45) is 6.35. The molecule has 0 spiro atoms. The molecule has 1 aliphatic rings. The van der Waals surface area contributed by atoms with Crippen LogP contribution in [0.5, 0.6) is 0 Å². The fourth-order valence-corrected chi connectivity index (χ4v) is 1.71. The second-order valence-electron chi connectivity index (χ2n) is 4.15. The zero-order chi connectivity index (χ0) is 12.1. The van der Waals surface area contributed by atoms with E-state index in [-0.39, 0.29) is 4.65 Å². The molecule has 0 aliphatic heterocycles. The molecule has 0 bridgehead atoms. The summed E-state index contributed by atoms with van der Waals surface area (Å²) in [4.78, 5) is 0. The minimum Gasteiger partial charge on any atom is -0.222 e. The largest absolute Gasteiger partial charge is 0.222 e. The Kier molecular flexibility index (Phi) is 5.97. The minimum absolute atomic E-state index is 0.167. The third-order valence-electron chi connectivity index (χ3n) is 2.47. The molecule has 15 heavy (non-hydrogen) atoms. The van der Waals surface area contributed by atoms with Crippen LogP contribution >= 0.6 is 0 Å². The lowest BCUT2D eigenvalue weighted by atomic mass is 9.94. The van der Waals surface area contributed by atoms with Gasteiger partial charge in [0.25, 0.3) is 0 Å². The molecule has 0 heterocycles. The first kappa shape index (κ1) is 15.0. The number of hydrogen-bond acceptors (Lipinski definition) is 5. The van der Waals surface area contributed by atoms with E-state index in [1.807, 2.05) is 14.1 Å². The van der Waals surface area contributed by atoms with Crippen LogP contribution in [0.4, 0.5) is 0 Å². The van der Waals surface area contributed by atoms with E-state index in [2.05, 4.69) is 0 Å². The van der Waals surface area contributed by atoms with Crippen molar-refractivity contribution < 1.29 is 38.7 Å². The first-order chi connectivity index (χ1) is 6.61. The third-order valence-corrected chi connectivity index (χ3v) is 2.47. The summed E-state index contributed by atoms with van der Waals surface area (Å²) in [5.41, 5.74) is 0. The van der Waals surface area contributed by atoms with E-state index in [4.69, 9.17) is 18.6 Å². The summed E-state index contributed by atoms with van der Waals surface area (Å²) >= 11 is 0. The summed E-state index contributed by atoms with van der Waals surface area (Å²) in [6.45, 7) is 0. The Morgan fingerprint density at radius 3 is 1.53 bits per heavy atom. The van der Waals surface area contributed by atoms with Gasteiger partial charge in [-0.1, -0.05) is 6.42 Å². The first-order valence-electron chi connectivity index (χ1n) is 4.79. The summed E-state index contributed by atoms with van der Waals surface area (Å²) in [6, 6.07) is 0.494. The number of quaternary nitrogens is 1. The summed E-state index contributed by atoms with van der Waals surface area (Å²) in [7, 11) is -1.20. The molecular formula is C8H18ClNO5. The van der Waals surface area contributed by atoms with Gasteiger partial charge in [-0.25, -0.2) is 23.8 Å². The van der Waals surface area contributed by atoms with Gasteiger partial charge in [0.05, 0.1) is 14.1 Å². The summed E-state index contributed by atoms with van der Waals surface area (Å²) in [5, 5.41) is 9.58. The summed E-state index contributed by atoms with van der Waals surface area (Å²) < 4.78 is 34.1. The van der Waals surface area contributed by atoms with Crippen LogP contribution in [0.3, 0.4) is 0 Å². The van der Waals surface area contributed by atoms with E-state index >= 15 is 0 Å². The van der Waals surface area contributed by atoms with Crippen molar-refractivity contribution >= 4 is 0 Å². The average molecular weight is 244 g/mol. The monoisotopic (exact) mass is 243 g/mol. The minimum atomic E-state index is -4.94. The van der Waals surface area contributed by atoms with E-state index in [1.54, 1.807) is 0 Å². The van der Waals surface area contributed by atoms with Gasteiger partial charge in [0.1, 0.15) is 6.04 Å². The average Bonchev–Trinajstić information content (AvgIpc) is 2.01. The van der Waals surface area contributed by atoms with Gasteiger partial charge in [0.2, 0.25) is 0 Å². The van der Waals surface area contributed by atoms with E-state index in [1.165, 1.54) is 32.1 Å². The lowest BCUT2D eigenvalue weighted by Crippen LogP contribution is -2.68. The van der Waals surface area contributed by atoms with Gasteiger partial charge in [0, 0.05) is 12.8 Å². The van der Waals surface area contributed by atoms with Crippen LogP contribution in [0, 0.1) is 10.2 Å². The molecule has 0 unspecified atom stereocenters. The molecule has 0 aromatic rings. The Hall–Kier alpha value is 0.0500. The number of halogens is 1. The molecule has 92 valence electrons. The van der Waals surface area contributed by atoms with Crippen molar-refractivity contribution in [1.82, 2.24) is 0 Å². The van der Waals surface area contributed by atoms with Gasteiger partial charge in [-0.05, 0) is 12.8 Å². The highest BCUT2D eigenvalue weighted by molar-refractivity contribution is 4.63. The topological polar surface area (TPSA) is 112 Å². The van der Waals surface area contributed by atoms with Crippen molar-refractivity contribution in [3.05, 3.63) is 0 Å². The van der Waals surface area contributed by atoms with Crippen LogP contribution in [-0.2, 0) is 0 Å². The predicted molar refractivity (Wildman–Crippen MR) is 40.8 cm³/mol. The Labute approximate surface area is 91.6 Å². The third kappa shape index (κ3) is 10.3.